The summed E-state index contributed by atoms with van der Waals surface area (Å²) in [4.78, 5) is 4.47. The van der Waals surface area contributed by atoms with Crippen molar-refractivity contribution in [2.75, 3.05) is 19.0 Å². The van der Waals surface area contributed by atoms with Gasteiger partial charge in [0.2, 0.25) is 5.89 Å². The Balaban J connectivity index is 1.93. The van der Waals surface area contributed by atoms with Crippen molar-refractivity contribution in [1.29, 1.82) is 0 Å². The smallest absolute Gasteiger partial charge is 0.234 e. The molecule has 1 aromatic heterocycles. The first-order valence-corrected chi connectivity index (χ1v) is 6.48. The summed E-state index contributed by atoms with van der Waals surface area (Å²) in [6.45, 7) is 2.82. The van der Waals surface area contributed by atoms with Gasteiger partial charge in [0.1, 0.15) is 6.10 Å². The lowest BCUT2D eigenvalue weighted by molar-refractivity contribution is 0.109. The highest BCUT2D eigenvalue weighted by Crippen LogP contribution is 2.35. The maximum atomic E-state index is 5.42. The molecule has 0 radical (unpaired) electrons. The van der Waals surface area contributed by atoms with Gasteiger partial charge >= 0.3 is 0 Å². The average Bonchev–Trinajstić information content (AvgIpc) is 2.95. The number of rotatable bonds is 3. The molecule has 0 saturated heterocycles. The third kappa shape index (κ3) is 2.21. The molecule has 5 heteroatoms. The standard InChI is InChI=1S/C14H17N3O2/c1-9(18-2)13-16-14(19-17-13)11-7-8-15-12-6-4-3-5-10(11)12/h3-6,9,11,15H,7-8H2,1-2H3. The van der Waals surface area contributed by atoms with Crippen molar-refractivity contribution < 1.29 is 9.26 Å². The molecule has 1 aliphatic rings. The lowest BCUT2D eigenvalue weighted by atomic mass is 9.91. The average molecular weight is 259 g/mol. The lowest BCUT2D eigenvalue weighted by Crippen LogP contribution is -2.17. The predicted molar refractivity (Wildman–Crippen MR) is 71.1 cm³/mol. The molecule has 1 aromatic carbocycles. The summed E-state index contributed by atoms with van der Waals surface area (Å²) in [7, 11) is 1.64. The molecule has 19 heavy (non-hydrogen) atoms. The Morgan fingerprint density at radius 1 is 1.42 bits per heavy atom. The molecular formula is C14H17N3O2. The van der Waals surface area contributed by atoms with Gasteiger partial charge in [-0.25, -0.2) is 0 Å². The van der Waals surface area contributed by atoms with Crippen molar-refractivity contribution in [1.82, 2.24) is 10.1 Å². The third-order valence-corrected chi connectivity index (χ3v) is 3.56. The molecule has 2 unspecified atom stereocenters. The number of hydrogen-bond donors (Lipinski definition) is 1. The molecule has 2 heterocycles. The van der Waals surface area contributed by atoms with Crippen LogP contribution in [0.15, 0.2) is 28.8 Å². The molecule has 0 bridgehead atoms. The minimum absolute atomic E-state index is 0.144. The van der Waals surface area contributed by atoms with Gasteiger partial charge in [-0.15, -0.1) is 0 Å². The number of nitrogens with zero attached hydrogens (tertiary/aromatic N) is 2. The molecule has 0 saturated carbocycles. The van der Waals surface area contributed by atoms with Crippen molar-refractivity contribution in [3.8, 4) is 0 Å². The largest absolute Gasteiger partial charge is 0.385 e. The molecule has 0 aliphatic carbocycles. The summed E-state index contributed by atoms with van der Waals surface area (Å²) in [6, 6.07) is 8.25. The highest BCUT2D eigenvalue weighted by molar-refractivity contribution is 5.56. The van der Waals surface area contributed by atoms with Crippen LogP contribution in [0.4, 0.5) is 5.69 Å². The van der Waals surface area contributed by atoms with E-state index < -0.39 is 0 Å². The molecule has 2 aromatic rings. The Morgan fingerprint density at radius 3 is 3.11 bits per heavy atom. The maximum absolute atomic E-state index is 5.42. The number of para-hydroxylation sites is 1. The monoisotopic (exact) mass is 259 g/mol. The molecule has 0 fully saturated rings. The van der Waals surface area contributed by atoms with Gasteiger partial charge in [-0.2, -0.15) is 4.98 Å². The lowest BCUT2D eigenvalue weighted by Gasteiger charge is -2.23. The molecule has 3 rings (SSSR count). The quantitative estimate of drug-likeness (QED) is 0.918. The number of fused-ring (bicyclic) bond motifs is 1. The molecule has 0 amide bonds. The zero-order chi connectivity index (χ0) is 13.2. The van der Waals surface area contributed by atoms with Crippen LogP contribution in [0.25, 0.3) is 0 Å². The van der Waals surface area contributed by atoms with Crippen LogP contribution in [-0.4, -0.2) is 23.8 Å². The summed E-state index contributed by atoms with van der Waals surface area (Å²) in [5, 5.41) is 7.39. The molecule has 5 nitrogen and oxygen atoms in total. The van der Waals surface area contributed by atoms with E-state index in [1.54, 1.807) is 7.11 Å². The second kappa shape index (κ2) is 5.01. The summed E-state index contributed by atoms with van der Waals surface area (Å²) >= 11 is 0. The van der Waals surface area contributed by atoms with Crippen molar-refractivity contribution in [3.05, 3.63) is 41.5 Å². The molecule has 2 atom stereocenters. The van der Waals surface area contributed by atoms with Crippen molar-refractivity contribution in [2.24, 2.45) is 0 Å². The highest BCUT2D eigenvalue weighted by Gasteiger charge is 2.27. The number of methoxy groups -OCH3 is 1. The van der Waals surface area contributed by atoms with Gasteiger partial charge in [0.25, 0.3) is 0 Å². The van der Waals surface area contributed by atoms with Crippen LogP contribution in [0.1, 0.15) is 42.6 Å². The minimum atomic E-state index is -0.144. The van der Waals surface area contributed by atoms with Gasteiger partial charge in [-0.3, -0.25) is 0 Å². The molecule has 0 spiro atoms. The Bertz CT molecular complexity index is 567. The number of hydrogen-bond acceptors (Lipinski definition) is 5. The van der Waals surface area contributed by atoms with Crippen LogP contribution < -0.4 is 5.32 Å². The van der Waals surface area contributed by atoms with Gasteiger partial charge in [-0.1, -0.05) is 23.4 Å². The van der Waals surface area contributed by atoms with Crippen LogP contribution in [-0.2, 0) is 4.74 Å². The van der Waals surface area contributed by atoms with Crippen LogP contribution in [0, 0.1) is 0 Å². The second-order valence-electron chi connectivity index (χ2n) is 4.72. The van der Waals surface area contributed by atoms with Crippen LogP contribution >= 0.6 is 0 Å². The van der Waals surface area contributed by atoms with Crippen molar-refractivity contribution in [2.45, 2.75) is 25.4 Å². The first-order valence-electron chi connectivity index (χ1n) is 6.48. The fourth-order valence-electron chi connectivity index (χ4n) is 2.38. The van der Waals surface area contributed by atoms with E-state index in [4.69, 9.17) is 9.26 Å². The number of anilines is 1. The van der Waals surface area contributed by atoms with E-state index in [1.165, 1.54) is 5.56 Å². The summed E-state index contributed by atoms with van der Waals surface area (Å²) in [5.41, 5.74) is 2.37. The summed E-state index contributed by atoms with van der Waals surface area (Å²) < 4.78 is 10.6. The topological polar surface area (TPSA) is 60.2 Å². The number of nitrogens with one attached hydrogen (secondary N) is 1. The van der Waals surface area contributed by atoms with Gasteiger partial charge in [0, 0.05) is 19.3 Å². The SMILES string of the molecule is COC(C)c1noc(C2CCNc3ccccc32)n1. The Morgan fingerprint density at radius 2 is 2.26 bits per heavy atom. The van der Waals surface area contributed by atoms with Crippen LogP contribution in [0.2, 0.25) is 0 Å². The Kier molecular flexibility index (Phi) is 3.21. The first kappa shape index (κ1) is 12.2. The normalized spacial score (nSPS) is 19.6. The summed E-state index contributed by atoms with van der Waals surface area (Å²) in [5.74, 6) is 1.45. The van der Waals surface area contributed by atoms with E-state index in [1.807, 2.05) is 19.1 Å². The van der Waals surface area contributed by atoms with Gasteiger partial charge in [0.15, 0.2) is 5.82 Å². The van der Waals surface area contributed by atoms with Crippen molar-refractivity contribution in [3.63, 3.8) is 0 Å². The van der Waals surface area contributed by atoms with E-state index in [0.29, 0.717) is 11.7 Å². The fourth-order valence-corrected chi connectivity index (χ4v) is 2.38. The maximum Gasteiger partial charge on any atom is 0.234 e. The molecule has 100 valence electrons. The molecule has 1 N–H and O–H groups in total. The fraction of sp³-hybridized carbons (Fsp3) is 0.429. The van der Waals surface area contributed by atoms with E-state index in [-0.39, 0.29) is 12.0 Å². The van der Waals surface area contributed by atoms with E-state index in [0.717, 1.165) is 18.7 Å². The van der Waals surface area contributed by atoms with E-state index in [9.17, 15) is 0 Å². The summed E-state index contributed by atoms with van der Waals surface area (Å²) in [6.07, 6.45) is 0.814. The first-order chi connectivity index (χ1) is 9.29. The van der Waals surface area contributed by atoms with Crippen LogP contribution in [0.3, 0.4) is 0 Å². The van der Waals surface area contributed by atoms with Crippen LogP contribution in [0.5, 0.6) is 0 Å². The van der Waals surface area contributed by atoms with E-state index >= 15 is 0 Å². The minimum Gasteiger partial charge on any atom is -0.385 e. The van der Waals surface area contributed by atoms with Gasteiger partial charge < -0.3 is 14.6 Å². The molecular weight excluding hydrogens is 242 g/mol. The number of aromatic nitrogens is 2. The van der Waals surface area contributed by atoms with Crippen molar-refractivity contribution >= 4 is 5.69 Å². The zero-order valence-electron chi connectivity index (χ0n) is 11.1. The predicted octanol–water partition coefficient (Wildman–Crippen LogP) is 2.72. The second-order valence-corrected chi connectivity index (χ2v) is 4.72. The Labute approximate surface area is 112 Å². The van der Waals surface area contributed by atoms with Gasteiger partial charge in [-0.05, 0) is 25.0 Å². The molecule has 1 aliphatic heterocycles. The number of benzene rings is 1. The van der Waals surface area contributed by atoms with Gasteiger partial charge in [0.05, 0.1) is 5.92 Å². The third-order valence-electron chi connectivity index (χ3n) is 3.56. The Hall–Kier alpha value is -1.88. The van der Waals surface area contributed by atoms with E-state index in [2.05, 4.69) is 27.6 Å². The number of ether oxygens (including phenoxy) is 1. The highest BCUT2D eigenvalue weighted by atomic mass is 16.5. The zero-order valence-corrected chi connectivity index (χ0v) is 11.1.